The molecule has 13 heteroatoms. The van der Waals surface area contributed by atoms with E-state index >= 15 is 0 Å². The summed E-state index contributed by atoms with van der Waals surface area (Å²) in [5.74, 6) is -6.97. The molecule has 0 aliphatic carbocycles. The van der Waals surface area contributed by atoms with Crippen LogP contribution in [-0.4, -0.2) is 69.1 Å². The summed E-state index contributed by atoms with van der Waals surface area (Å²) in [4.78, 5) is 67.3. The first-order valence-electron chi connectivity index (χ1n) is 7.75. The number of carbonyl (C=O) groups excluding carboxylic acids is 3. The van der Waals surface area contributed by atoms with E-state index < -0.39 is 73.0 Å². The van der Waals surface area contributed by atoms with Crippen LogP contribution in [0.15, 0.2) is 0 Å². The second-order valence-electron chi connectivity index (χ2n) is 5.60. The molecule has 0 heterocycles. The van der Waals surface area contributed by atoms with Crippen LogP contribution in [0.25, 0.3) is 0 Å². The van der Waals surface area contributed by atoms with Crippen molar-refractivity contribution in [3.63, 3.8) is 0 Å². The molecule has 13 nitrogen and oxygen atoms in total. The predicted molar refractivity (Wildman–Crippen MR) is 87.0 cm³/mol. The maximum atomic E-state index is 12.2. The molecule has 0 aromatic carbocycles. The molecule has 0 aromatic rings. The normalized spacial score (nSPS) is 13.7. The zero-order valence-electron chi connectivity index (χ0n) is 14.2. The third kappa shape index (κ3) is 10.4. The van der Waals surface area contributed by atoms with E-state index in [2.05, 4.69) is 5.32 Å². The van der Waals surface area contributed by atoms with Gasteiger partial charge in [0.2, 0.25) is 17.7 Å². The number of hydrogen-bond donors (Lipinski definition) is 7. The molecule has 27 heavy (non-hydrogen) atoms. The van der Waals surface area contributed by atoms with E-state index in [0.29, 0.717) is 0 Å². The van der Waals surface area contributed by atoms with Crippen molar-refractivity contribution in [1.29, 1.82) is 0 Å². The van der Waals surface area contributed by atoms with Crippen LogP contribution in [0.5, 0.6) is 0 Å². The maximum Gasteiger partial charge on any atom is 0.326 e. The molecular weight excluding hydrogens is 368 g/mol. The summed E-state index contributed by atoms with van der Waals surface area (Å²) in [6, 6.07) is -4.40. The SMILES string of the molecule is NC(=O)C[C@H](NC(=O)[C@H](CCC(=O)O)NC(=O)[C@@H](N)CCC(=O)O)C(=O)O. The Labute approximate surface area is 153 Å². The Kier molecular flexibility index (Phi) is 10.0. The minimum atomic E-state index is -1.67. The van der Waals surface area contributed by atoms with Crippen molar-refractivity contribution in [1.82, 2.24) is 10.6 Å². The molecule has 0 bridgehead atoms. The number of nitrogens with one attached hydrogen (secondary N) is 2. The quantitative estimate of drug-likeness (QED) is 0.168. The van der Waals surface area contributed by atoms with E-state index in [0.717, 1.165) is 0 Å². The Balaban J connectivity index is 5.09. The summed E-state index contributed by atoms with van der Waals surface area (Å²) in [6.45, 7) is 0. The lowest BCUT2D eigenvalue weighted by molar-refractivity contribution is -0.144. The third-order valence-corrected chi connectivity index (χ3v) is 3.31. The van der Waals surface area contributed by atoms with Crippen LogP contribution < -0.4 is 22.1 Å². The van der Waals surface area contributed by atoms with Gasteiger partial charge in [0, 0.05) is 12.8 Å². The zero-order chi connectivity index (χ0) is 21.1. The average molecular weight is 390 g/mol. The van der Waals surface area contributed by atoms with Crippen molar-refractivity contribution in [2.24, 2.45) is 11.5 Å². The number of hydrogen-bond acceptors (Lipinski definition) is 7. The number of primary amides is 1. The second-order valence-corrected chi connectivity index (χ2v) is 5.60. The second kappa shape index (κ2) is 11.4. The number of rotatable bonds is 13. The van der Waals surface area contributed by atoms with Crippen LogP contribution in [-0.2, 0) is 28.8 Å². The number of carbonyl (C=O) groups is 6. The van der Waals surface area contributed by atoms with E-state index in [1.807, 2.05) is 5.32 Å². The smallest absolute Gasteiger partial charge is 0.326 e. The van der Waals surface area contributed by atoms with Gasteiger partial charge in [0.1, 0.15) is 12.1 Å². The Morgan fingerprint density at radius 1 is 0.778 bits per heavy atom. The van der Waals surface area contributed by atoms with Crippen molar-refractivity contribution in [2.45, 2.75) is 50.2 Å². The zero-order valence-corrected chi connectivity index (χ0v) is 14.2. The molecular formula is C14H22N4O9. The topological polar surface area (TPSA) is 239 Å². The number of aliphatic carboxylic acids is 3. The molecule has 0 spiro atoms. The van der Waals surface area contributed by atoms with Crippen molar-refractivity contribution in [3.8, 4) is 0 Å². The first kappa shape index (κ1) is 23.8. The molecule has 0 radical (unpaired) electrons. The van der Waals surface area contributed by atoms with Gasteiger partial charge in [0.15, 0.2) is 0 Å². The van der Waals surface area contributed by atoms with Gasteiger partial charge in [-0.25, -0.2) is 4.79 Å². The molecule has 0 aliphatic rings. The van der Waals surface area contributed by atoms with Crippen LogP contribution in [0.1, 0.15) is 32.1 Å². The van der Waals surface area contributed by atoms with Gasteiger partial charge in [-0.1, -0.05) is 0 Å². The summed E-state index contributed by atoms with van der Waals surface area (Å²) >= 11 is 0. The molecule has 9 N–H and O–H groups in total. The lowest BCUT2D eigenvalue weighted by Crippen LogP contribution is -2.55. The van der Waals surface area contributed by atoms with Crippen molar-refractivity contribution < 1.29 is 44.1 Å². The van der Waals surface area contributed by atoms with Gasteiger partial charge in [-0.15, -0.1) is 0 Å². The van der Waals surface area contributed by atoms with Gasteiger partial charge < -0.3 is 37.4 Å². The van der Waals surface area contributed by atoms with E-state index in [9.17, 15) is 28.8 Å². The summed E-state index contributed by atoms with van der Waals surface area (Å²) in [5, 5.41) is 30.4. The average Bonchev–Trinajstić information content (AvgIpc) is 2.54. The van der Waals surface area contributed by atoms with Gasteiger partial charge in [0.05, 0.1) is 12.5 Å². The molecule has 0 saturated carbocycles. The standard InChI is InChI=1S/C14H22N4O9/c15-6(1-3-10(20)21)12(24)17-7(2-4-11(22)23)13(25)18-8(14(26)27)5-9(16)19/h6-8H,1-5,15H2,(H2,16,19)(H,17,24)(H,18,25)(H,20,21)(H,22,23)(H,26,27)/t6-,7-,8-/m0/s1. The molecule has 0 aliphatic heterocycles. The van der Waals surface area contributed by atoms with Crippen molar-refractivity contribution in [3.05, 3.63) is 0 Å². The van der Waals surface area contributed by atoms with Crippen LogP contribution >= 0.6 is 0 Å². The lowest BCUT2D eigenvalue weighted by Gasteiger charge is -2.22. The fourth-order valence-corrected chi connectivity index (χ4v) is 1.90. The Hall–Kier alpha value is -3.22. The van der Waals surface area contributed by atoms with Gasteiger partial charge >= 0.3 is 17.9 Å². The fourth-order valence-electron chi connectivity index (χ4n) is 1.90. The van der Waals surface area contributed by atoms with Gasteiger partial charge in [-0.3, -0.25) is 24.0 Å². The van der Waals surface area contributed by atoms with E-state index in [1.54, 1.807) is 0 Å². The van der Waals surface area contributed by atoms with Crippen LogP contribution in [0.3, 0.4) is 0 Å². The van der Waals surface area contributed by atoms with Crippen molar-refractivity contribution >= 4 is 35.6 Å². The minimum Gasteiger partial charge on any atom is -0.481 e. The highest BCUT2D eigenvalue weighted by molar-refractivity contribution is 5.93. The molecule has 0 rings (SSSR count). The lowest BCUT2D eigenvalue weighted by atomic mass is 10.1. The molecule has 3 amide bonds. The Morgan fingerprint density at radius 3 is 1.70 bits per heavy atom. The first-order valence-corrected chi connectivity index (χ1v) is 7.75. The third-order valence-electron chi connectivity index (χ3n) is 3.31. The minimum absolute atomic E-state index is 0.228. The highest BCUT2D eigenvalue weighted by Crippen LogP contribution is 2.03. The van der Waals surface area contributed by atoms with Crippen LogP contribution in [0.2, 0.25) is 0 Å². The monoisotopic (exact) mass is 390 g/mol. The largest absolute Gasteiger partial charge is 0.481 e. The number of carboxylic acids is 3. The summed E-state index contributed by atoms with van der Waals surface area (Å²) in [5.41, 5.74) is 10.4. The van der Waals surface area contributed by atoms with E-state index in [4.69, 9.17) is 26.8 Å². The number of amides is 3. The number of nitrogens with two attached hydrogens (primary N) is 2. The Bertz CT molecular complexity index is 607. The predicted octanol–water partition coefficient (Wildman–Crippen LogP) is -3.03. The summed E-state index contributed by atoms with van der Waals surface area (Å²) < 4.78 is 0. The molecule has 0 fully saturated rings. The van der Waals surface area contributed by atoms with Gasteiger partial charge in [-0.05, 0) is 12.8 Å². The van der Waals surface area contributed by atoms with Crippen molar-refractivity contribution in [2.75, 3.05) is 0 Å². The highest BCUT2D eigenvalue weighted by atomic mass is 16.4. The fraction of sp³-hybridized carbons (Fsp3) is 0.571. The van der Waals surface area contributed by atoms with Gasteiger partial charge in [-0.2, -0.15) is 0 Å². The van der Waals surface area contributed by atoms with E-state index in [-0.39, 0.29) is 12.8 Å². The Morgan fingerprint density at radius 2 is 1.26 bits per heavy atom. The molecule has 152 valence electrons. The molecule has 3 atom stereocenters. The molecule has 0 unspecified atom stereocenters. The summed E-state index contributed by atoms with van der Waals surface area (Å²) in [7, 11) is 0. The number of carboxylic acid groups (broad SMARTS) is 3. The first-order chi connectivity index (χ1) is 12.4. The maximum absolute atomic E-state index is 12.2. The molecule has 0 aromatic heterocycles. The summed E-state index contributed by atoms with van der Waals surface area (Å²) in [6.07, 6.45) is -2.26. The van der Waals surface area contributed by atoms with Crippen LogP contribution in [0.4, 0.5) is 0 Å². The molecule has 0 saturated heterocycles. The van der Waals surface area contributed by atoms with Crippen LogP contribution in [0, 0.1) is 0 Å². The van der Waals surface area contributed by atoms with E-state index in [1.165, 1.54) is 0 Å². The van der Waals surface area contributed by atoms with Gasteiger partial charge in [0.25, 0.3) is 0 Å². The highest BCUT2D eigenvalue weighted by Gasteiger charge is 2.29.